The van der Waals surface area contributed by atoms with Gasteiger partial charge in [-0.2, -0.15) is 0 Å². The number of aliphatic hydroxyl groups is 1. The van der Waals surface area contributed by atoms with E-state index < -0.39 is 17.7 Å². The maximum absolute atomic E-state index is 13.2. The monoisotopic (exact) mass is 465 g/mol. The van der Waals surface area contributed by atoms with E-state index in [-0.39, 0.29) is 11.3 Å². The van der Waals surface area contributed by atoms with Gasteiger partial charge in [0.2, 0.25) is 0 Å². The number of carbonyl (C=O) groups excluding carboxylic acids is 2. The van der Waals surface area contributed by atoms with E-state index in [0.717, 1.165) is 4.88 Å². The molecule has 8 heteroatoms. The minimum Gasteiger partial charge on any atom is -0.507 e. The zero-order chi connectivity index (χ0) is 23.5. The van der Waals surface area contributed by atoms with Gasteiger partial charge in [-0.1, -0.05) is 12.1 Å². The molecule has 1 saturated heterocycles. The summed E-state index contributed by atoms with van der Waals surface area (Å²) in [7, 11) is 2.98. The lowest BCUT2D eigenvalue weighted by Gasteiger charge is -2.24. The molecule has 1 N–H and O–H groups in total. The zero-order valence-corrected chi connectivity index (χ0v) is 19.2. The molecule has 3 aromatic rings. The van der Waals surface area contributed by atoms with Crippen molar-refractivity contribution in [3.63, 3.8) is 0 Å². The number of ketones is 1. The van der Waals surface area contributed by atoms with Crippen LogP contribution in [0, 0.1) is 0 Å². The SMILES string of the molecule is CCOc1cccc(N2C(=O)C(=O)/C(=C(\O)c3ccc(OC)cc3OC)C2c2cccs2)c1. The van der Waals surface area contributed by atoms with Crippen molar-refractivity contribution < 1.29 is 28.9 Å². The minimum absolute atomic E-state index is 0.00673. The van der Waals surface area contributed by atoms with Gasteiger partial charge in [-0.25, -0.2) is 0 Å². The Morgan fingerprint density at radius 3 is 2.52 bits per heavy atom. The number of aliphatic hydroxyl groups excluding tert-OH is 1. The average Bonchev–Trinajstić information content (AvgIpc) is 3.45. The van der Waals surface area contributed by atoms with Crippen molar-refractivity contribution in [2.24, 2.45) is 0 Å². The van der Waals surface area contributed by atoms with Crippen LogP contribution in [0.25, 0.3) is 5.76 Å². The summed E-state index contributed by atoms with van der Waals surface area (Å²) >= 11 is 1.40. The van der Waals surface area contributed by atoms with Crippen molar-refractivity contribution in [2.45, 2.75) is 13.0 Å². The van der Waals surface area contributed by atoms with Crippen molar-refractivity contribution in [3.8, 4) is 17.2 Å². The third kappa shape index (κ3) is 4.05. The van der Waals surface area contributed by atoms with Crippen molar-refractivity contribution >= 4 is 34.5 Å². The Morgan fingerprint density at radius 2 is 1.85 bits per heavy atom. The quantitative estimate of drug-likeness (QED) is 0.307. The van der Waals surface area contributed by atoms with Crippen LogP contribution >= 0.6 is 11.3 Å². The maximum Gasteiger partial charge on any atom is 0.300 e. The Morgan fingerprint density at radius 1 is 1.03 bits per heavy atom. The summed E-state index contributed by atoms with van der Waals surface area (Å²) < 4.78 is 16.2. The normalized spacial score (nSPS) is 17.3. The summed E-state index contributed by atoms with van der Waals surface area (Å²) in [5, 5.41) is 13.2. The van der Waals surface area contributed by atoms with E-state index in [1.807, 2.05) is 24.4 Å². The number of anilines is 1. The van der Waals surface area contributed by atoms with Gasteiger partial charge in [-0.15, -0.1) is 11.3 Å². The Bertz CT molecular complexity index is 1220. The van der Waals surface area contributed by atoms with Gasteiger partial charge in [0.1, 0.15) is 29.0 Å². The highest BCUT2D eigenvalue weighted by molar-refractivity contribution is 7.10. The van der Waals surface area contributed by atoms with Crippen molar-refractivity contribution in [1.29, 1.82) is 0 Å². The zero-order valence-electron chi connectivity index (χ0n) is 18.4. The predicted molar refractivity (Wildman–Crippen MR) is 126 cm³/mol. The van der Waals surface area contributed by atoms with Gasteiger partial charge in [0.15, 0.2) is 0 Å². The molecule has 0 bridgehead atoms. The molecule has 1 unspecified atom stereocenters. The van der Waals surface area contributed by atoms with Gasteiger partial charge in [-0.05, 0) is 42.6 Å². The summed E-state index contributed by atoms with van der Waals surface area (Å²) in [5.41, 5.74) is 0.788. The van der Waals surface area contributed by atoms with Gasteiger partial charge in [0, 0.05) is 22.7 Å². The lowest BCUT2D eigenvalue weighted by Crippen LogP contribution is -2.29. The molecule has 33 heavy (non-hydrogen) atoms. The molecule has 1 aliphatic rings. The smallest absolute Gasteiger partial charge is 0.300 e. The predicted octanol–water partition coefficient (Wildman–Crippen LogP) is 4.79. The highest BCUT2D eigenvalue weighted by atomic mass is 32.1. The van der Waals surface area contributed by atoms with Crippen LogP contribution in [0.3, 0.4) is 0 Å². The Hall–Kier alpha value is -3.78. The van der Waals surface area contributed by atoms with E-state index in [4.69, 9.17) is 14.2 Å². The summed E-state index contributed by atoms with van der Waals surface area (Å²) in [6, 6.07) is 14.7. The lowest BCUT2D eigenvalue weighted by atomic mass is 9.99. The van der Waals surface area contributed by atoms with E-state index >= 15 is 0 Å². The van der Waals surface area contributed by atoms with Crippen LogP contribution in [0.2, 0.25) is 0 Å². The Labute approximate surface area is 195 Å². The number of hydrogen-bond donors (Lipinski definition) is 1. The number of methoxy groups -OCH3 is 2. The van der Waals surface area contributed by atoms with Gasteiger partial charge in [0.25, 0.3) is 11.7 Å². The number of carbonyl (C=O) groups is 2. The molecule has 1 fully saturated rings. The molecule has 170 valence electrons. The molecule has 1 atom stereocenters. The number of hydrogen-bond acceptors (Lipinski definition) is 7. The van der Waals surface area contributed by atoms with Crippen molar-refractivity contribution in [1.82, 2.24) is 0 Å². The van der Waals surface area contributed by atoms with Crippen LogP contribution in [0.4, 0.5) is 5.69 Å². The lowest BCUT2D eigenvalue weighted by molar-refractivity contribution is -0.132. The molecule has 0 saturated carbocycles. The second-order valence-electron chi connectivity index (χ2n) is 7.18. The van der Waals surface area contributed by atoms with E-state index in [1.54, 1.807) is 42.5 Å². The Balaban J connectivity index is 1.91. The highest BCUT2D eigenvalue weighted by Crippen LogP contribution is 2.45. The standard InChI is InChI=1S/C25H23NO6S/c1-4-32-17-8-5-7-15(13-17)26-22(20-9-6-12-33-20)21(24(28)25(26)29)23(27)18-11-10-16(30-2)14-19(18)31-3/h5-14,22,27H,4H2,1-3H3/b23-21-. The van der Waals surface area contributed by atoms with E-state index in [2.05, 4.69) is 0 Å². The Kier molecular flexibility index (Phi) is 6.37. The van der Waals surface area contributed by atoms with Gasteiger partial charge in [-0.3, -0.25) is 14.5 Å². The minimum atomic E-state index is -0.798. The first-order valence-electron chi connectivity index (χ1n) is 10.3. The van der Waals surface area contributed by atoms with Crippen LogP contribution in [-0.4, -0.2) is 37.6 Å². The van der Waals surface area contributed by atoms with E-state index in [0.29, 0.717) is 35.1 Å². The molecule has 2 aromatic carbocycles. The first-order valence-corrected chi connectivity index (χ1v) is 11.2. The molecule has 0 radical (unpaired) electrons. The topological polar surface area (TPSA) is 85.3 Å². The number of thiophene rings is 1. The van der Waals surface area contributed by atoms with Crippen molar-refractivity contribution in [2.75, 3.05) is 25.7 Å². The third-order valence-electron chi connectivity index (χ3n) is 5.33. The molecule has 4 rings (SSSR count). The second kappa shape index (κ2) is 9.38. The average molecular weight is 466 g/mol. The molecule has 0 aliphatic carbocycles. The van der Waals surface area contributed by atoms with Crippen LogP contribution in [0.5, 0.6) is 17.2 Å². The molecule has 1 aliphatic heterocycles. The number of Topliss-reactive ketones (excluding diaryl/α,β-unsaturated/α-hetero) is 1. The molecular weight excluding hydrogens is 442 g/mol. The van der Waals surface area contributed by atoms with Crippen LogP contribution in [-0.2, 0) is 9.59 Å². The van der Waals surface area contributed by atoms with E-state index in [9.17, 15) is 14.7 Å². The fraction of sp³-hybridized carbons (Fsp3) is 0.200. The van der Waals surface area contributed by atoms with Crippen LogP contribution < -0.4 is 19.1 Å². The highest BCUT2D eigenvalue weighted by Gasteiger charge is 2.47. The second-order valence-corrected chi connectivity index (χ2v) is 8.16. The molecule has 1 amide bonds. The fourth-order valence-electron chi connectivity index (χ4n) is 3.84. The summed E-state index contributed by atoms with van der Waals surface area (Å²) in [5.74, 6) is -0.372. The molecular formula is C25H23NO6S. The molecule has 7 nitrogen and oxygen atoms in total. The number of amides is 1. The van der Waals surface area contributed by atoms with Crippen LogP contribution in [0.1, 0.15) is 23.4 Å². The fourth-order valence-corrected chi connectivity index (χ4v) is 4.67. The number of benzene rings is 2. The maximum atomic E-state index is 13.2. The van der Waals surface area contributed by atoms with E-state index in [1.165, 1.54) is 30.5 Å². The summed E-state index contributed by atoms with van der Waals surface area (Å²) in [4.78, 5) is 28.6. The van der Waals surface area contributed by atoms with Crippen LogP contribution in [0.15, 0.2) is 65.6 Å². The van der Waals surface area contributed by atoms with Gasteiger partial charge in [0.05, 0.1) is 32.0 Å². The third-order valence-corrected chi connectivity index (χ3v) is 6.25. The number of rotatable bonds is 7. The first-order chi connectivity index (χ1) is 16.0. The van der Waals surface area contributed by atoms with Gasteiger partial charge < -0.3 is 19.3 Å². The van der Waals surface area contributed by atoms with Crippen molar-refractivity contribution in [3.05, 3.63) is 76.0 Å². The largest absolute Gasteiger partial charge is 0.507 e. The summed E-state index contributed by atoms with van der Waals surface area (Å²) in [6.45, 7) is 2.33. The summed E-state index contributed by atoms with van der Waals surface area (Å²) in [6.07, 6.45) is 0. The molecule has 1 aromatic heterocycles. The first kappa shape index (κ1) is 22.4. The number of ether oxygens (including phenoxy) is 3. The molecule has 0 spiro atoms. The molecule has 2 heterocycles. The number of nitrogens with zero attached hydrogens (tertiary/aromatic N) is 1. The van der Waals surface area contributed by atoms with Gasteiger partial charge >= 0.3 is 0 Å².